The fourth-order valence-electron chi connectivity index (χ4n) is 0. The Hall–Kier alpha value is 5.66. The van der Waals surface area contributed by atoms with Crippen LogP contribution < -0.4 is 0 Å². The van der Waals surface area contributed by atoms with Gasteiger partial charge in [0.2, 0.25) is 0 Å². The summed E-state index contributed by atoms with van der Waals surface area (Å²) in [5.41, 5.74) is 0. The molecule has 0 saturated carbocycles. The largest absolute Gasteiger partial charge is 2.00 e. The van der Waals surface area contributed by atoms with E-state index in [0.29, 0.717) is 0 Å². The molecule has 0 aromatic heterocycles. The van der Waals surface area contributed by atoms with Gasteiger partial charge >= 0.3 is 138 Å². The van der Waals surface area contributed by atoms with Gasteiger partial charge in [-0.2, -0.15) is 0 Å². The van der Waals surface area contributed by atoms with Gasteiger partial charge in [-0.25, -0.2) is 0 Å². The summed E-state index contributed by atoms with van der Waals surface area (Å²) in [7, 11) is 0. The summed E-state index contributed by atoms with van der Waals surface area (Å²) in [4.78, 5) is 0. The quantitative estimate of drug-likeness (QED) is 0.373. The van der Waals surface area contributed by atoms with Crippen molar-refractivity contribution in [2.24, 2.45) is 0 Å². The molecule has 0 aromatic carbocycles. The predicted molar refractivity (Wildman–Crippen MR) is 67.7 cm³/mol. The van der Waals surface area contributed by atoms with Gasteiger partial charge in [-0.1, -0.05) is 0 Å². The molecule has 36 valence electrons. The van der Waals surface area contributed by atoms with Crippen LogP contribution in [0.4, 0.5) is 0 Å². The van der Waals surface area contributed by atoms with Gasteiger partial charge in [-0.15, -0.1) is 0 Å². The molecule has 0 N–H and O–H groups in total. The van der Waals surface area contributed by atoms with Crippen LogP contribution in [0.3, 0.4) is 0 Å². The van der Waals surface area contributed by atoms with Crippen molar-refractivity contribution in [1.82, 2.24) is 0 Å². The van der Waals surface area contributed by atoms with E-state index in [1.807, 2.05) is 0 Å². The molecule has 0 saturated heterocycles. The van der Waals surface area contributed by atoms with Crippen molar-refractivity contribution in [2.75, 3.05) is 0 Å². The van der Waals surface area contributed by atoms with Crippen LogP contribution in [0.2, 0.25) is 0 Å². The molecule has 0 aliphatic carbocycles. The van der Waals surface area contributed by atoms with E-state index in [1.165, 1.54) is 0 Å². The molecule has 0 heterocycles. The molecule has 0 aliphatic heterocycles. The van der Waals surface area contributed by atoms with Crippen molar-refractivity contribution in [1.29, 1.82) is 0 Å². The molecule has 0 bridgehead atoms. The Labute approximate surface area is 187 Å². The smallest absolute Gasteiger partial charge is 1.00 e. The maximum Gasteiger partial charge on any atom is 2.00 e. The van der Waals surface area contributed by atoms with E-state index in [0.717, 1.165) is 0 Å². The molecule has 0 amide bonds. The average molecular weight is 218 g/mol. The van der Waals surface area contributed by atoms with E-state index < -0.39 is 0 Å². The van der Waals surface area contributed by atoms with E-state index in [1.54, 1.807) is 0 Å². The van der Waals surface area contributed by atoms with Gasteiger partial charge < -0.3 is 17.1 Å². The van der Waals surface area contributed by atoms with Crippen molar-refractivity contribution in [2.45, 2.75) is 0 Å². The summed E-state index contributed by atoms with van der Waals surface area (Å²) in [5, 5.41) is 0. The molecule has 8 heavy (non-hydrogen) atoms. The monoisotopic (exact) mass is 216 g/mol. The molecule has 0 spiro atoms. The first-order valence-electron chi connectivity index (χ1n) is 0. The van der Waals surface area contributed by atoms with Crippen molar-refractivity contribution in [3.05, 3.63) is 0 Å². The Morgan fingerprint density at radius 1 is 0.375 bits per heavy atom. The van der Waals surface area contributed by atoms with Crippen LogP contribution in [0.5, 0.6) is 0 Å². The minimum atomic E-state index is 0. The fourth-order valence-corrected chi connectivity index (χ4v) is 0. The minimum absolute atomic E-state index is 0. The van der Waals surface area contributed by atoms with Crippen LogP contribution in [-0.4, -0.2) is 173 Å². The summed E-state index contributed by atoms with van der Waals surface area (Å²) >= 11 is 0. The molecule has 0 unspecified atom stereocenters. The molecule has 0 radical (unpaired) electrons. The molecule has 0 atom stereocenters. The third-order valence-electron chi connectivity index (χ3n) is 0. The second-order valence-electron chi connectivity index (χ2n) is 0. The summed E-state index contributed by atoms with van der Waals surface area (Å²) in [6, 6.07) is 0. The van der Waals surface area contributed by atoms with Crippen LogP contribution in [0.25, 0.3) is 0 Å². The zero-order valence-electron chi connectivity index (χ0n) is 16.2. The first kappa shape index (κ1) is 68.3. The molecular formula is H18Al2Mg6. The van der Waals surface area contributed by atoms with Crippen LogP contribution in [-0.2, 0) is 0 Å². The first-order chi connectivity index (χ1) is 0. The van der Waals surface area contributed by atoms with Gasteiger partial charge in [0.05, 0.1) is 0 Å². The van der Waals surface area contributed by atoms with Crippen molar-refractivity contribution in [3.63, 3.8) is 0 Å². The maximum absolute atomic E-state index is 0. The van der Waals surface area contributed by atoms with Crippen LogP contribution in [0, 0.1) is 0 Å². The summed E-state index contributed by atoms with van der Waals surface area (Å²) < 4.78 is 0. The van der Waals surface area contributed by atoms with Gasteiger partial charge in [-0.3, -0.25) is 0 Å². The SMILES string of the molecule is [AlH3].[AlH3].[H-].[H-].[H-].[H-].[H-].[H-].[H-].[H-].[H-].[H-].[H-].[H-].[Mg+2].[Mg+2].[Mg+2].[Mg+2].[Mg+2].[Mg+2]. The fraction of sp³-hybridized carbons (Fsp3) is 0. The molecule has 0 fully saturated rings. The second kappa shape index (κ2) is 53.7. The molecular weight excluding hydrogens is 200 g/mol. The van der Waals surface area contributed by atoms with Gasteiger partial charge in [0.1, 0.15) is 0 Å². The average Bonchev–Trinajstić information content (AvgIpc) is 0. The van der Waals surface area contributed by atoms with Crippen molar-refractivity contribution in [3.8, 4) is 0 Å². The standard InChI is InChI=1S/2Al.6Mg.18H/q;;6*+2;;;;;;;12*-1. The third-order valence-corrected chi connectivity index (χ3v) is 0. The Morgan fingerprint density at radius 2 is 0.375 bits per heavy atom. The summed E-state index contributed by atoms with van der Waals surface area (Å²) in [6.45, 7) is 0. The van der Waals surface area contributed by atoms with Gasteiger partial charge in [0.15, 0.2) is 34.7 Å². The van der Waals surface area contributed by atoms with Gasteiger partial charge in [0.25, 0.3) is 0 Å². The van der Waals surface area contributed by atoms with E-state index >= 15 is 0 Å². The van der Waals surface area contributed by atoms with Gasteiger partial charge in [-0.05, 0) is 0 Å². The number of hydrogen-bond acceptors (Lipinski definition) is 0. The predicted octanol–water partition coefficient (Wildman–Crippen LogP) is -3.30. The summed E-state index contributed by atoms with van der Waals surface area (Å²) in [6.07, 6.45) is 0. The maximum atomic E-state index is 0. The van der Waals surface area contributed by atoms with E-state index in [4.69, 9.17) is 0 Å². The molecule has 8 heteroatoms. The van der Waals surface area contributed by atoms with Crippen LogP contribution in [0.1, 0.15) is 17.1 Å². The van der Waals surface area contributed by atoms with E-state index in [-0.39, 0.29) is 190 Å². The minimum Gasteiger partial charge on any atom is -1.00 e. The van der Waals surface area contributed by atoms with E-state index in [2.05, 4.69) is 0 Å². The van der Waals surface area contributed by atoms with Crippen LogP contribution in [0.15, 0.2) is 0 Å². The van der Waals surface area contributed by atoms with Crippen molar-refractivity contribution >= 4 is 173 Å². The first-order valence-corrected chi connectivity index (χ1v) is 0. The molecule has 0 aromatic rings. The molecule has 0 nitrogen and oxygen atoms in total. The zero-order chi connectivity index (χ0) is 0. The number of hydrogen-bond donors (Lipinski definition) is 0. The Balaban J connectivity index is 0. The Morgan fingerprint density at radius 3 is 0.375 bits per heavy atom. The summed E-state index contributed by atoms with van der Waals surface area (Å²) in [5.74, 6) is 0. The second-order valence-corrected chi connectivity index (χ2v) is 0. The number of rotatable bonds is 0. The Kier molecular flexibility index (Phi) is 459. The normalized spacial score (nSPS) is 0. The molecule has 0 aliphatic rings. The van der Waals surface area contributed by atoms with E-state index in [9.17, 15) is 0 Å². The third kappa shape index (κ3) is 41.4. The molecule has 0 rings (SSSR count). The Bertz CT molecular complexity index is 25.9. The zero-order valence-corrected chi connectivity index (χ0v) is 12.7. The van der Waals surface area contributed by atoms with Crippen molar-refractivity contribution < 1.29 is 17.1 Å². The van der Waals surface area contributed by atoms with Gasteiger partial charge in [0, 0.05) is 0 Å². The van der Waals surface area contributed by atoms with Crippen LogP contribution >= 0.6 is 0 Å². The topological polar surface area (TPSA) is 0 Å².